The van der Waals surface area contributed by atoms with Crippen LogP contribution in [0.5, 0.6) is 0 Å². The van der Waals surface area contributed by atoms with Crippen molar-refractivity contribution >= 4 is 39.2 Å². The number of hydrogen-bond acceptors (Lipinski definition) is 2. The van der Waals surface area contributed by atoms with Crippen LogP contribution in [0.4, 0.5) is 5.69 Å². The first kappa shape index (κ1) is 13.3. The highest BCUT2D eigenvalue weighted by molar-refractivity contribution is 9.10. The molecule has 0 aliphatic carbocycles. The molecule has 0 fully saturated rings. The van der Waals surface area contributed by atoms with Gasteiger partial charge in [0.15, 0.2) is 0 Å². The predicted molar refractivity (Wildman–Crippen MR) is 69.1 cm³/mol. The SMILES string of the molecule is CC(CCC(=O)O)Nc1cc(Br)ccc1Cl. The molecule has 0 saturated carbocycles. The van der Waals surface area contributed by atoms with E-state index in [1.165, 1.54) is 0 Å². The lowest BCUT2D eigenvalue weighted by Gasteiger charge is -2.15. The fraction of sp³-hybridized carbons (Fsp3) is 0.364. The molecule has 0 bridgehead atoms. The first-order valence-corrected chi connectivity index (χ1v) is 6.09. The van der Waals surface area contributed by atoms with Gasteiger partial charge in [-0.3, -0.25) is 4.79 Å². The van der Waals surface area contributed by atoms with E-state index in [4.69, 9.17) is 16.7 Å². The Bertz CT molecular complexity index is 384. The van der Waals surface area contributed by atoms with E-state index in [9.17, 15) is 4.79 Å². The highest BCUT2D eigenvalue weighted by Gasteiger charge is 2.07. The Morgan fingerprint density at radius 1 is 1.62 bits per heavy atom. The van der Waals surface area contributed by atoms with Gasteiger partial charge in [0.05, 0.1) is 10.7 Å². The molecule has 0 saturated heterocycles. The molecule has 0 heterocycles. The maximum Gasteiger partial charge on any atom is 0.303 e. The van der Waals surface area contributed by atoms with Gasteiger partial charge >= 0.3 is 5.97 Å². The summed E-state index contributed by atoms with van der Waals surface area (Å²) in [6, 6.07) is 5.59. The Hall–Kier alpha value is -0.740. The second kappa shape index (κ2) is 6.11. The molecule has 1 aromatic carbocycles. The first-order chi connectivity index (χ1) is 7.49. The fourth-order valence-corrected chi connectivity index (χ4v) is 1.82. The molecule has 0 spiro atoms. The highest BCUT2D eigenvalue weighted by Crippen LogP contribution is 2.26. The van der Waals surface area contributed by atoms with Crippen molar-refractivity contribution in [3.63, 3.8) is 0 Å². The van der Waals surface area contributed by atoms with Gasteiger partial charge in [-0.05, 0) is 31.5 Å². The largest absolute Gasteiger partial charge is 0.481 e. The molecule has 2 N–H and O–H groups in total. The lowest BCUT2D eigenvalue weighted by molar-refractivity contribution is -0.137. The summed E-state index contributed by atoms with van der Waals surface area (Å²) in [6.45, 7) is 1.93. The summed E-state index contributed by atoms with van der Waals surface area (Å²) >= 11 is 9.36. The third kappa shape index (κ3) is 4.41. The average molecular weight is 307 g/mol. The number of carboxylic acids is 1. The van der Waals surface area contributed by atoms with Crippen LogP contribution < -0.4 is 5.32 Å². The minimum absolute atomic E-state index is 0.0721. The number of benzene rings is 1. The molecule has 16 heavy (non-hydrogen) atoms. The summed E-state index contributed by atoms with van der Waals surface area (Å²) < 4.78 is 0.935. The van der Waals surface area contributed by atoms with Gasteiger partial charge in [-0.25, -0.2) is 0 Å². The van der Waals surface area contributed by atoms with Crippen LogP contribution in [0.15, 0.2) is 22.7 Å². The Morgan fingerprint density at radius 2 is 2.31 bits per heavy atom. The van der Waals surface area contributed by atoms with Crippen LogP contribution in [0.25, 0.3) is 0 Å². The molecule has 0 aliphatic rings. The van der Waals surface area contributed by atoms with Crippen molar-refractivity contribution in [3.05, 3.63) is 27.7 Å². The first-order valence-electron chi connectivity index (χ1n) is 4.92. The molecular formula is C11H13BrClNO2. The van der Waals surface area contributed by atoms with Crippen LogP contribution in [0, 0.1) is 0 Å². The van der Waals surface area contributed by atoms with Crippen LogP contribution in [0.1, 0.15) is 19.8 Å². The summed E-state index contributed by atoms with van der Waals surface area (Å²) in [7, 11) is 0. The summed E-state index contributed by atoms with van der Waals surface area (Å²) in [5, 5.41) is 12.4. The van der Waals surface area contributed by atoms with Crippen molar-refractivity contribution < 1.29 is 9.90 Å². The van der Waals surface area contributed by atoms with Gasteiger partial charge in [-0.15, -0.1) is 0 Å². The molecule has 5 heteroatoms. The molecule has 0 amide bonds. The molecule has 1 aromatic rings. The molecule has 88 valence electrons. The normalized spacial score (nSPS) is 12.2. The van der Waals surface area contributed by atoms with Crippen molar-refractivity contribution in [2.45, 2.75) is 25.8 Å². The van der Waals surface area contributed by atoms with Crippen LogP contribution in [0.2, 0.25) is 5.02 Å². The van der Waals surface area contributed by atoms with Crippen molar-refractivity contribution in [1.82, 2.24) is 0 Å². The Morgan fingerprint density at radius 3 is 2.94 bits per heavy atom. The third-order valence-electron chi connectivity index (χ3n) is 2.12. The number of halogens is 2. The topological polar surface area (TPSA) is 49.3 Å². The summed E-state index contributed by atoms with van der Waals surface area (Å²) in [4.78, 5) is 10.4. The van der Waals surface area contributed by atoms with Crippen molar-refractivity contribution in [3.8, 4) is 0 Å². The number of aliphatic carboxylic acids is 1. The van der Waals surface area contributed by atoms with Gasteiger partial charge in [0.1, 0.15) is 0 Å². The van der Waals surface area contributed by atoms with E-state index in [2.05, 4.69) is 21.2 Å². The predicted octanol–water partition coefficient (Wildman–Crippen LogP) is 3.77. The van der Waals surface area contributed by atoms with Crippen molar-refractivity contribution in [2.24, 2.45) is 0 Å². The van der Waals surface area contributed by atoms with Gasteiger partial charge in [-0.2, -0.15) is 0 Å². The van der Waals surface area contributed by atoms with Crippen molar-refractivity contribution in [1.29, 1.82) is 0 Å². The second-order valence-corrected chi connectivity index (χ2v) is 4.92. The summed E-state index contributed by atoms with van der Waals surface area (Å²) in [5.41, 5.74) is 0.814. The summed E-state index contributed by atoms with van der Waals surface area (Å²) in [5.74, 6) is -0.783. The number of carbonyl (C=O) groups is 1. The zero-order chi connectivity index (χ0) is 12.1. The number of carboxylic acid groups (broad SMARTS) is 1. The number of anilines is 1. The van der Waals surface area contributed by atoms with Crippen LogP contribution in [-0.2, 0) is 4.79 Å². The van der Waals surface area contributed by atoms with E-state index >= 15 is 0 Å². The van der Waals surface area contributed by atoms with E-state index < -0.39 is 5.97 Å². The molecule has 1 atom stereocenters. The van der Waals surface area contributed by atoms with E-state index in [0.717, 1.165) is 10.2 Å². The Labute approximate surface area is 108 Å². The van der Waals surface area contributed by atoms with Crippen LogP contribution in [0.3, 0.4) is 0 Å². The number of hydrogen-bond donors (Lipinski definition) is 2. The van der Waals surface area contributed by atoms with E-state index in [-0.39, 0.29) is 12.5 Å². The van der Waals surface area contributed by atoms with E-state index in [1.54, 1.807) is 6.07 Å². The quantitative estimate of drug-likeness (QED) is 0.870. The summed E-state index contributed by atoms with van der Waals surface area (Å²) in [6.07, 6.45) is 0.720. The van der Waals surface area contributed by atoms with Gasteiger partial charge in [0.25, 0.3) is 0 Å². The number of rotatable bonds is 5. The average Bonchev–Trinajstić information content (AvgIpc) is 2.20. The lowest BCUT2D eigenvalue weighted by atomic mass is 10.1. The maximum atomic E-state index is 10.4. The van der Waals surface area contributed by atoms with Gasteiger partial charge in [0, 0.05) is 16.9 Å². The molecule has 1 unspecified atom stereocenters. The standard InChI is InChI=1S/C11H13BrClNO2/c1-7(2-5-11(15)16)14-10-6-8(12)3-4-9(10)13/h3-4,6-7,14H,2,5H2,1H3,(H,15,16). The maximum absolute atomic E-state index is 10.4. The van der Waals surface area contributed by atoms with Gasteiger partial charge < -0.3 is 10.4 Å². The van der Waals surface area contributed by atoms with Gasteiger partial charge in [0.2, 0.25) is 0 Å². The van der Waals surface area contributed by atoms with E-state index in [0.29, 0.717) is 11.4 Å². The minimum atomic E-state index is -0.783. The molecule has 0 radical (unpaired) electrons. The van der Waals surface area contributed by atoms with Crippen molar-refractivity contribution in [2.75, 3.05) is 5.32 Å². The smallest absolute Gasteiger partial charge is 0.303 e. The molecule has 3 nitrogen and oxygen atoms in total. The second-order valence-electron chi connectivity index (χ2n) is 3.60. The highest BCUT2D eigenvalue weighted by atomic mass is 79.9. The third-order valence-corrected chi connectivity index (χ3v) is 2.94. The van der Waals surface area contributed by atoms with Gasteiger partial charge in [-0.1, -0.05) is 27.5 Å². The van der Waals surface area contributed by atoms with Crippen LogP contribution in [-0.4, -0.2) is 17.1 Å². The zero-order valence-electron chi connectivity index (χ0n) is 8.84. The Balaban J connectivity index is 2.58. The number of nitrogens with one attached hydrogen (secondary N) is 1. The fourth-order valence-electron chi connectivity index (χ4n) is 1.29. The zero-order valence-corrected chi connectivity index (χ0v) is 11.2. The lowest BCUT2D eigenvalue weighted by Crippen LogP contribution is -2.16. The molecule has 1 rings (SSSR count). The van der Waals surface area contributed by atoms with Crippen LogP contribution >= 0.6 is 27.5 Å². The molecular weight excluding hydrogens is 293 g/mol. The molecule has 0 aromatic heterocycles. The Kier molecular flexibility index (Phi) is 5.09. The molecule has 0 aliphatic heterocycles. The van der Waals surface area contributed by atoms with E-state index in [1.807, 2.05) is 19.1 Å². The minimum Gasteiger partial charge on any atom is -0.481 e. The monoisotopic (exact) mass is 305 g/mol.